The molecule has 1 heterocycles. The number of carbonyl (C=O) groups excluding carboxylic acids is 1. The number of likely N-dealkylation sites (tertiary alicyclic amines) is 1. The Balaban J connectivity index is 2.24. The molecule has 3 nitrogen and oxygen atoms in total. The van der Waals surface area contributed by atoms with Gasteiger partial charge >= 0.3 is 0 Å². The third-order valence-corrected chi connectivity index (χ3v) is 3.79. The molecular formula is C15H22N2O. The van der Waals surface area contributed by atoms with Gasteiger partial charge in [0.1, 0.15) is 0 Å². The first kappa shape index (κ1) is 12.9. The van der Waals surface area contributed by atoms with E-state index < -0.39 is 0 Å². The van der Waals surface area contributed by atoms with Crippen molar-refractivity contribution >= 4 is 11.6 Å². The van der Waals surface area contributed by atoms with Gasteiger partial charge < -0.3 is 10.2 Å². The summed E-state index contributed by atoms with van der Waals surface area (Å²) in [6, 6.07) is 8.17. The summed E-state index contributed by atoms with van der Waals surface area (Å²) in [7, 11) is 1.86. The lowest BCUT2D eigenvalue weighted by atomic mass is 9.98. The maximum atomic E-state index is 12.6. The molecule has 18 heavy (non-hydrogen) atoms. The van der Waals surface area contributed by atoms with Crippen molar-refractivity contribution in [3.63, 3.8) is 0 Å². The van der Waals surface area contributed by atoms with Crippen LogP contribution in [-0.4, -0.2) is 30.4 Å². The Bertz CT molecular complexity index is 417. The van der Waals surface area contributed by atoms with E-state index in [0.717, 1.165) is 37.1 Å². The fourth-order valence-corrected chi connectivity index (χ4v) is 2.73. The van der Waals surface area contributed by atoms with E-state index >= 15 is 0 Å². The lowest BCUT2D eigenvalue weighted by Gasteiger charge is -2.35. The van der Waals surface area contributed by atoms with Gasteiger partial charge in [0.15, 0.2) is 0 Å². The number of para-hydroxylation sites is 1. The van der Waals surface area contributed by atoms with E-state index in [1.54, 1.807) is 0 Å². The highest BCUT2D eigenvalue weighted by molar-refractivity contribution is 5.99. The summed E-state index contributed by atoms with van der Waals surface area (Å²) >= 11 is 0. The van der Waals surface area contributed by atoms with Crippen molar-refractivity contribution in [2.45, 2.75) is 38.6 Å². The van der Waals surface area contributed by atoms with Crippen LogP contribution in [0.4, 0.5) is 5.69 Å². The van der Waals surface area contributed by atoms with Crippen LogP contribution in [-0.2, 0) is 0 Å². The van der Waals surface area contributed by atoms with Crippen molar-refractivity contribution in [3.8, 4) is 0 Å². The van der Waals surface area contributed by atoms with Gasteiger partial charge in [-0.2, -0.15) is 0 Å². The molecule has 3 heteroatoms. The summed E-state index contributed by atoms with van der Waals surface area (Å²) in [4.78, 5) is 14.7. The van der Waals surface area contributed by atoms with Crippen molar-refractivity contribution < 1.29 is 4.79 Å². The number of rotatable bonds is 3. The molecule has 1 aliphatic heterocycles. The molecule has 1 amide bonds. The molecule has 1 saturated heterocycles. The zero-order chi connectivity index (χ0) is 13.0. The predicted octanol–water partition coefficient (Wildman–Crippen LogP) is 3.13. The fourth-order valence-electron chi connectivity index (χ4n) is 2.73. The Kier molecular flexibility index (Phi) is 4.24. The molecule has 1 aromatic carbocycles. The molecule has 1 aliphatic rings. The highest BCUT2D eigenvalue weighted by atomic mass is 16.2. The highest BCUT2D eigenvalue weighted by Crippen LogP contribution is 2.24. The topological polar surface area (TPSA) is 32.3 Å². The van der Waals surface area contributed by atoms with E-state index in [1.165, 1.54) is 6.42 Å². The minimum Gasteiger partial charge on any atom is -0.387 e. The summed E-state index contributed by atoms with van der Waals surface area (Å²) in [6.07, 6.45) is 4.57. The summed E-state index contributed by atoms with van der Waals surface area (Å²) in [5.74, 6) is 0.173. The zero-order valence-electron chi connectivity index (χ0n) is 11.3. The molecular weight excluding hydrogens is 224 g/mol. The van der Waals surface area contributed by atoms with Crippen molar-refractivity contribution in [1.29, 1.82) is 0 Å². The smallest absolute Gasteiger partial charge is 0.256 e. The minimum absolute atomic E-state index is 0.173. The van der Waals surface area contributed by atoms with E-state index in [0.29, 0.717) is 6.04 Å². The van der Waals surface area contributed by atoms with Crippen molar-refractivity contribution in [2.24, 2.45) is 0 Å². The number of benzene rings is 1. The van der Waals surface area contributed by atoms with Gasteiger partial charge in [0.05, 0.1) is 5.56 Å². The Hall–Kier alpha value is -1.51. The molecule has 1 aromatic rings. The van der Waals surface area contributed by atoms with Gasteiger partial charge in [-0.05, 0) is 37.8 Å². The van der Waals surface area contributed by atoms with Crippen LogP contribution in [0.15, 0.2) is 24.3 Å². The quantitative estimate of drug-likeness (QED) is 0.888. The van der Waals surface area contributed by atoms with E-state index in [-0.39, 0.29) is 5.91 Å². The lowest BCUT2D eigenvalue weighted by Crippen LogP contribution is -2.43. The van der Waals surface area contributed by atoms with Gasteiger partial charge in [0.25, 0.3) is 5.91 Å². The molecule has 0 aliphatic carbocycles. The van der Waals surface area contributed by atoms with Gasteiger partial charge in [0.2, 0.25) is 0 Å². The van der Waals surface area contributed by atoms with Crippen LogP contribution in [0.5, 0.6) is 0 Å². The number of hydrogen-bond acceptors (Lipinski definition) is 2. The fraction of sp³-hybridized carbons (Fsp3) is 0.533. The number of nitrogens with one attached hydrogen (secondary N) is 1. The van der Waals surface area contributed by atoms with Crippen LogP contribution in [0, 0.1) is 0 Å². The maximum Gasteiger partial charge on any atom is 0.256 e. The average Bonchev–Trinajstić information content (AvgIpc) is 2.46. The molecule has 1 unspecified atom stereocenters. The second-order valence-electron chi connectivity index (χ2n) is 4.85. The zero-order valence-corrected chi connectivity index (χ0v) is 11.3. The second-order valence-corrected chi connectivity index (χ2v) is 4.85. The number of hydrogen-bond donors (Lipinski definition) is 1. The molecule has 1 N–H and O–H groups in total. The molecule has 0 spiro atoms. The first-order valence-corrected chi connectivity index (χ1v) is 6.85. The Morgan fingerprint density at radius 2 is 2.17 bits per heavy atom. The van der Waals surface area contributed by atoms with Crippen molar-refractivity contribution in [1.82, 2.24) is 4.90 Å². The highest BCUT2D eigenvalue weighted by Gasteiger charge is 2.27. The van der Waals surface area contributed by atoms with E-state index in [2.05, 4.69) is 17.1 Å². The van der Waals surface area contributed by atoms with Crippen LogP contribution in [0.1, 0.15) is 43.0 Å². The third kappa shape index (κ3) is 2.50. The van der Waals surface area contributed by atoms with Crippen LogP contribution < -0.4 is 5.32 Å². The largest absolute Gasteiger partial charge is 0.387 e. The summed E-state index contributed by atoms with van der Waals surface area (Å²) in [5.41, 5.74) is 1.71. The number of amides is 1. The van der Waals surface area contributed by atoms with Crippen LogP contribution >= 0.6 is 0 Å². The molecule has 0 radical (unpaired) electrons. The normalized spacial score (nSPS) is 19.7. The van der Waals surface area contributed by atoms with Gasteiger partial charge in [-0.3, -0.25) is 4.79 Å². The first-order valence-electron chi connectivity index (χ1n) is 6.85. The summed E-state index contributed by atoms with van der Waals surface area (Å²) < 4.78 is 0. The average molecular weight is 246 g/mol. The van der Waals surface area contributed by atoms with Crippen molar-refractivity contribution in [2.75, 3.05) is 18.9 Å². The molecule has 2 rings (SSSR count). The van der Waals surface area contributed by atoms with E-state index in [1.807, 2.05) is 31.3 Å². The first-order chi connectivity index (χ1) is 8.77. The van der Waals surface area contributed by atoms with Crippen LogP contribution in [0.2, 0.25) is 0 Å². The van der Waals surface area contributed by atoms with Gasteiger partial charge in [0, 0.05) is 25.3 Å². The Morgan fingerprint density at radius 1 is 1.39 bits per heavy atom. The number of carbonyl (C=O) groups is 1. The molecule has 0 aromatic heterocycles. The summed E-state index contributed by atoms with van der Waals surface area (Å²) in [5, 5.41) is 3.10. The molecule has 98 valence electrons. The van der Waals surface area contributed by atoms with Crippen LogP contribution in [0.3, 0.4) is 0 Å². The van der Waals surface area contributed by atoms with Crippen molar-refractivity contribution in [3.05, 3.63) is 29.8 Å². The predicted molar refractivity (Wildman–Crippen MR) is 75.0 cm³/mol. The van der Waals surface area contributed by atoms with Gasteiger partial charge in [-0.1, -0.05) is 19.1 Å². The standard InChI is InChI=1S/C15H22N2O/c1-3-12-8-6-7-11-17(12)15(18)13-9-4-5-10-14(13)16-2/h4-5,9-10,12,16H,3,6-8,11H2,1-2H3. The number of anilines is 1. The van der Waals surface area contributed by atoms with Crippen LogP contribution in [0.25, 0.3) is 0 Å². The molecule has 1 fully saturated rings. The SMILES string of the molecule is CCC1CCCCN1C(=O)c1ccccc1NC. The van der Waals surface area contributed by atoms with E-state index in [4.69, 9.17) is 0 Å². The Labute approximate surface area is 109 Å². The van der Waals surface area contributed by atoms with E-state index in [9.17, 15) is 4.79 Å². The third-order valence-electron chi connectivity index (χ3n) is 3.79. The second kappa shape index (κ2) is 5.89. The van der Waals surface area contributed by atoms with Gasteiger partial charge in [-0.25, -0.2) is 0 Å². The monoisotopic (exact) mass is 246 g/mol. The lowest BCUT2D eigenvalue weighted by molar-refractivity contribution is 0.0609. The number of piperidine rings is 1. The van der Waals surface area contributed by atoms with Gasteiger partial charge in [-0.15, -0.1) is 0 Å². The minimum atomic E-state index is 0.173. The summed E-state index contributed by atoms with van der Waals surface area (Å²) in [6.45, 7) is 3.07. The molecule has 0 saturated carbocycles. The molecule has 1 atom stereocenters. The maximum absolute atomic E-state index is 12.6. The molecule has 0 bridgehead atoms. The Morgan fingerprint density at radius 3 is 2.89 bits per heavy atom. The number of nitrogens with zero attached hydrogens (tertiary/aromatic N) is 1.